The van der Waals surface area contributed by atoms with Crippen LogP contribution in [0.2, 0.25) is 5.02 Å². The van der Waals surface area contributed by atoms with Crippen molar-refractivity contribution in [3.63, 3.8) is 0 Å². The van der Waals surface area contributed by atoms with Gasteiger partial charge in [-0.1, -0.05) is 17.7 Å². The minimum absolute atomic E-state index is 0.186. The van der Waals surface area contributed by atoms with Gasteiger partial charge < -0.3 is 19.3 Å². The number of hydrogen-bond acceptors (Lipinski definition) is 4. The average molecular weight is 301 g/mol. The predicted molar refractivity (Wildman–Crippen MR) is 77.5 cm³/mol. The second-order valence-corrected chi connectivity index (χ2v) is 5.46. The number of aryl methyl sites for hydroxylation is 1. The third-order valence-electron chi connectivity index (χ3n) is 3.27. The lowest BCUT2D eigenvalue weighted by Gasteiger charge is -2.23. The Morgan fingerprint density at radius 2 is 2.10 bits per heavy atom. The van der Waals surface area contributed by atoms with Crippen molar-refractivity contribution in [2.75, 3.05) is 26.4 Å². The molecule has 1 saturated heterocycles. The number of ether oxygens (including phenoxy) is 3. The zero-order chi connectivity index (χ0) is 14.4. The van der Waals surface area contributed by atoms with Crippen LogP contribution in [0.15, 0.2) is 18.2 Å². The SMILES string of the molecule is Cc1ccc(Cl)cc1OCC(O)COC1CCOCC1. The van der Waals surface area contributed by atoms with E-state index in [2.05, 4.69) is 0 Å². The van der Waals surface area contributed by atoms with E-state index in [4.69, 9.17) is 25.8 Å². The summed E-state index contributed by atoms with van der Waals surface area (Å²) >= 11 is 5.92. The molecular weight excluding hydrogens is 280 g/mol. The summed E-state index contributed by atoms with van der Waals surface area (Å²) in [6.45, 7) is 3.89. The smallest absolute Gasteiger partial charge is 0.123 e. The molecule has 1 aromatic rings. The summed E-state index contributed by atoms with van der Waals surface area (Å²) in [7, 11) is 0. The van der Waals surface area contributed by atoms with Gasteiger partial charge in [-0.2, -0.15) is 0 Å². The van der Waals surface area contributed by atoms with E-state index in [1.54, 1.807) is 6.07 Å². The molecule has 1 atom stereocenters. The summed E-state index contributed by atoms with van der Waals surface area (Å²) in [5.41, 5.74) is 0.993. The van der Waals surface area contributed by atoms with Gasteiger partial charge in [-0.3, -0.25) is 0 Å². The summed E-state index contributed by atoms with van der Waals surface area (Å²) in [6, 6.07) is 5.46. The summed E-state index contributed by atoms with van der Waals surface area (Å²) in [6.07, 6.45) is 1.32. The molecule has 4 nitrogen and oxygen atoms in total. The average Bonchev–Trinajstić information content (AvgIpc) is 2.47. The van der Waals surface area contributed by atoms with Crippen LogP contribution in [0.4, 0.5) is 0 Å². The quantitative estimate of drug-likeness (QED) is 0.877. The number of halogens is 1. The predicted octanol–water partition coefficient (Wildman–Crippen LogP) is 2.58. The van der Waals surface area contributed by atoms with E-state index >= 15 is 0 Å². The highest BCUT2D eigenvalue weighted by atomic mass is 35.5. The van der Waals surface area contributed by atoms with Crippen LogP contribution < -0.4 is 4.74 Å². The molecule has 1 N–H and O–H groups in total. The number of rotatable bonds is 6. The Morgan fingerprint density at radius 3 is 2.85 bits per heavy atom. The maximum atomic E-state index is 9.89. The van der Waals surface area contributed by atoms with Crippen molar-refractivity contribution in [1.29, 1.82) is 0 Å². The second kappa shape index (κ2) is 7.84. The van der Waals surface area contributed by atoms with E-state index in [1.807, 2.05) is 19.1 Å². The molecular formula is C15H21ClO4. The van der Waals surface area contributed by atoms with E-state index in [9.17, 15) is 5.11 Å². The van der Waals surface area contributed by atoms with Crippen LogP contribution >= 0.6 is 11.6 Å². The van der Waals surface area contributed by atoms with Crippen LogP contribution in [0.5, 0.6) is 5.75 Å². The maximum Gasteiger partial charge on any atom is 0.123 e. The van der Waals surface area contributed by atoms with Gasteiger partial charge in [0.1, 0.15) is 18.5 Å². The van der Waals surface area contributed by atoms with Gasteiger partial charge >= 0.3 is 0 Å². The number of hydrogen-bond donors (Lipinski definition) is 1. The standard InChI is InChI=1S/C15H21ClO4/c1-11-2-3-12(16)8-15(11)20-10-13(17)9-19-14-4-6-18-7-5-14/h2-3,8,13-14,17H,4-7,9-10H2,1H3. The summed E-state index contributed by atoms with van der Waals surface area (Å²) < 4.78 is 16.5. The molecule has 0 radical (unpaired) electrons. The van der Waals surface area contributed by atoms with Crippen molar-refractivity contribution in [2.24, 2.45) is 0 Å². The normalized spacial score (nSPS) is 17.9. The maximum absolute atomic E-state index is 9.89. The van der Waals surface area contributed by atoms with E-state index in [0.29, 0.717) is 10.8 Å². The van der Waals surface area contributed by atoms with E-state index in [1.165, 1.54) is 0 Å². The molecule has 112 valence electrons. The largest absolute Gasteiger partial charge is 0.490 e. The molecule has 0 amide bonds. The molecule has 0 aliphatic carbocycles. The second-order valence-electron chi connectivity index (χ2n) is 5.02. The number of aliphatic hydroxyl groups is 1. The van der Waals surface area contributed by atoms with Gasteiger partial charge in [0.25, 0.3) is 0 Å². The van der Waals surface area contributed by atoms with Crippen LogP contribution in [-0.4, -0.2) is 43.7 Å². The molecule has 1 heterocycles. The minimum Gasteiger partial charge on any atom is -0.490 e. The number of benzene rings is 1. The molecule has 1 aromatic carbocycles. The van der Waals surface area contributed by atoms with E-state index < -0.39 is 6.10 Å². The fourth-order valence-electron chi connectivity index (χ4n) is 2.05. The van der Waals surface area contributed by atoms with Gasteiger partial charge in [-0.25, -0.2) is 0 Å². The van der Waals surface area contributed by atoms with Gasteiger partial charge in [0.2, 0.25) is 0 Å². The molecule has 0 aromatic heterocycles. The highest BCUT2D eigenvalue weighted by molar-refractivity contribution is 6.30. The zero-order valence-corrected chi connectivity index (χ0v) is 12.4. The lowest BCUT2D eigenvalue weighted by molar-refractivity contribution is -0.0659. The highest BCUT2D eigenvalue weighted by Gasteiger charge is 2.16. The molecule has 0 saturated carbocycles. The molecule has 1 aliphatic heterocycles. The number of aliphatic hydroxyl groups excluding tert-OH is 1. The molecule has 1 unspecified atom stereocenters. The van der Waals surface area contributed by atoms with Crippen molar-refractivity contribution in [3.05, 3.63) is 28.8 Å². The summed E-state index contributed by atoms with van der Waals surface area (Å²) in [5, 5.41) is 10.5. The lowest BCUT2D eigenvalue weighted by atomic mass is 10.1. The Morgan fingerprint density at radius 1 is 1.35 bits per heavy atom. The third kappa shape index (κ3) is 4.94. The van der Waals surface area contributed by atoms with Gasteiger partial charge in [0, 0.05) is 18.2 Å². The molecule has 1 aliphatic rings. The first-order valence-corrected chi connectivity index (χ1v) is 7.29. The molecule has 0 spiro atoms. The van der Waals surface area contributed by atoms with Crippen molar-refractivity contribution >= 4 is 11.6 Å². The first-order valence-electron chi connectivity index (χ1n) is 6.91. The van der Waals surface area contributed by atoms with Gasteiger partial charge in [-0.05, 0) is 37.5 Å². The van der Waals surface area contributed by atoms with Crippen LogP contribution in [0.25, 0.3) is 0 Å². The van der Waals surface area contributed by atoms with Gasteiger partial charge in [-0.15, -0.1) is 0 Å². The topological polar surface area (TPSA) is 47.9 Å². The van der Waals surface area contributed by atoms with Crippen LogP contribution in [0.1, 0.15) is 18.4 Å². The molecule has 1 fully saturated rings. The van der Waals surface area contributed by atoms with Crippen LogP contribution in [0, 0.1) is 6.92 Å². The Bertz CT molecular complexity index is 418. The molecule has 5 heteroatoms. The monoisotopic (exact) mass is 300 g/mol. The lowest BCUT2D eigenvalue weighted by Crippen LogP contribution is -2.30. The van der Waals surface area contributed by atoms with Gasteiger partial charge in [0.15, 0.2) is 0 Å². The summed E-state index contributed by atoms with van der Waals surface area (Å²) in [5.74, 6) is 0.697. The molecule has 20 heavy (non-hydrogen) atoms. The van der Waals surface area contributed by atoms with Crippen LogP contribution in [0.3, 0.4) is 0 Å². The highest BCUT2D eigenvalue weighted by Crippen LogP contribution is 2.22. The first kappa shape index (κ1) is 15.6. The van der Waals surface area contributed by atoms with E-state index in [-0.39, 0.29) is 19.3 Å². The third-order valence-corrected chi connectivity index (χ3v) is 3.51. The Hall–Kier alpha value is -0.810. The van der Waals surface area contributed by atoms with Gasteiger partial charge in [0.05, 0.1) is 12.7 Å². The van der Waals surface area contributed by atoms with Crippen molar-refractivity contribution in [3.8, 4) is 5.75 Å². The fourth-order valence-corrected chi connectivity index (χ4v) is 2.22. The zero-order valence-electron chi connectivity index (χ0n) is 11.7. The minimum atomic E-state index is -0.642. The molecule has 2 rings (SSSR count). The van der Waals surface area contributed by atoms with Crippen molar-refractivity contribution in [1.82, 2.24) is 0 Å². The van der Waals surface area contributed by atoms with E-state index in [0.717, 1.165) is 31.6 Å². The Labute approximate surface area is 124 Å². The Balaban J connectivity index is 1.71. The fraction of sp³-hybridized carbons (Fsp3) is 0.600. The van der Waals surface area contributed by atoms with Crippen LogP contribution in [-0.2, 0) is 9.47 Å². The summed E-state index contributed by atoms with van der Waals surface area (Å²) in [4.78, 5) is 0. The first-order chi connectivity index (χ1) is 9.65. The Kier molecular flexibility index (Phi) is 6.10. The van der Waals surface area contributed by atoms with Crippen molar-refractivity contribution < 1.29 is 19.3 Å². The van der Waals surface area contributed by atoms with Crippen molar-refractivity contribution in [2.45, 2.75) is 32.0 Å². The molecule has 0 bridgehead atoms.